The minimum absolute atomic E-state index is 0.379. The van der Waals surface area contributed by atoms with Crippen LogP contribution < -0.4 is 3.49 Å². The summed E-state index contributed by atoms with van der Waals surface area (Å²) in [6.45, 7) is 0. The van der Waals surface area contributed by atoms with Crippen molar-refractivity contribution in [2.24, 2.45) is 0 Å². The molecule has 1 heterocycles. The number of fused-ring (bicyclic) bond motifs is 1. The van der Waals surface area contributed by atoms with E-state index in [2.05, 4.69) is 13.8 Å². The second-order valence-corrected chi connectivity index (χ2v) is 4.92. The van der Waals surface area contributed by atoms with Crippen molar-refractivity contribution < 1.29 is 30.8 Å². The molecule has 0 saturated carbocycles. The van der Waals surface area contributed by atoms with Crippen molar-refractivity contribution in [2.45, 2.75) is 0 Å². The predicted molar refractivity (Wildman–Crippen MR) is 37.7 cm³/mol. The zero-order valence-corrected chi connectivity index (χ0v) is 8.74. The van der Waals surface area contributed by atoms with Gasteiger partial charge in [-0.2, -0.15) is 0 Å². The minimum atomic E-state index is -5.62. The molecule has 1 N–H and O–H groups in total. The van der Waals surface area contributed by atoms with E-state index in [-0.39, 0.29) is 0 Å². The summed E-state index contributed by atoms with van der Waals surface area (Å²) in [4.78, 5) is 0.677. The maximum atomic E-state index is 10.5. The molecule has 14 heavy (non-hydrogen) atoms. The van der Waals surface area contributed by atoms with E-state index in [9.17, 15) is 6.80 Å². The molecule has 0 aliphatic carbocycles. The summed E-state index contributed by atoms with van der Waals surface area (Å²) in [5.41, 5.74) is 0.864. The van der Waals surface area contributed by atoms with Gasteiger partial charge in [0.1, 0.15) is 0 Å². The van der Waals surface area contributed by atoms with Gasteiger partial charge in [-0.05, 0) is 0 Å². The summed E-state index contributed by atoms with van der Waals surface area (Å²) in [5.74, 6) is 0. The molecule has 0 aliphatic heterocycles. The Morgan fingerprint density at radius 3 is 2.79 bits per heavy atom. The topological polar surface area (TPSA) is 94.3 Å². The van der Waals surface area contributed by atoms with Crippen LogP contribution in [0.2, 0.25) is 0 Å². The summed E-state index contributed by atoms with van der Waals surface area (Å²) >= 11 is -5.62. The van der Waals surface area contributed by atoms with Gasteiger partial charge in [0.2, 0.25) is 0 Å². The van der Waals surface area contributed by atoms with Gasteiger partial charge in [0.05, 0.1) is 0 Å². The van der Waals surface area contributed by atoms with E-state index in [1.165, 1.54) is 0 Å². The van der Waals surface area contributed by atoms with E-state index < -0.39 is 16.7 Å². The molecule has 0 amide bonds. The Bertz CT molecular complexity index is 561. The zero-order chi connectivity index (χ0) is 10.2. The molecule has 0 spiro atoms. The molecule has 1 aromatic carbocycles. The quantitative estimate of drug-likeness (QED) is 0.747. The monoisotopic (exact) mass is 281 g/mol. The molecule has 1 aromatic heterocycles. The van der Waals surface area contributed by atoms with Gasteiger partial charge in [0.15, 0.2) is 0 Å². The Hall–Kier alpha value is -1.33. The molecule has 0 bridgehead atoms. The summed E-state index contributed by atoms with van der Waals surface area (Å²) in [6.07, 6.45) is 0. The molecule has 7 nitrogen and oxygen atoms in total. The first-order valence-electron chi connectivity index (χ1n) is 3.54. The molecule has 2 rings (SSSR count). The van der Waals surface area contributed by atoms with Crippen LogP contribution in [0, 0.1) is 0 Å². The second-order valence-electron chi connectivity index (χ2n) is 2.45. The Morgan fingerprint density at radius 2 is 2.07 bits per heavy atom. The van der Waals surface area contributed by atoms with E-state index in [4.69, 9.17) is 3.76 Å². The van der Waals surface area contributed by atoms with Gasteiger partial charge in [0, 0.05) is 0 Å². The van der Waals surface area contributed by atoms with Crippen LogP contribution in [-0.4, -0.2) is 18.9 Å². The number of para-hydroxylation sites is 1. The third kappa shape index (κ3) is 1.78. The molecule has 0 saturated heterocycles. The molecule has 74 valence electrons. The van der Waals surface area contributed by atoms with Crippen LogP contribution in [0.3, 0.4) is 0 Å². The number of aromatic nitrogens is 3. The maximum absolute atomic E-state index is 10.5. The Balaban J connectivity index is 2.54. The van der Waals surface area contributed by atoms with Gasteiger partial charge in [0.25, 0.3) is 0 Å². The Morgan fingerprint density at radius 1 is 1.36 bits per heavy atom. The molecule has 8 heteroatoms. The molecule has 2 aromatic rings. The van der Waals surface area contributed by atoms with Crippen molar-refractivity contribution >= 4 is 11.0 Å². The fourth-order valence-electron chi connectivity index (χ4n) is 0.992. The SMILES string of the molecule is [O]=[Mo](=[O])([OH])[O]n1nnc2ccccc21. The van der Waals surface area contributed by atoms with Gasteiger partial charge >= 0.3 is 81.2 Å². The molecular formula is C6H5MoN3O4. The zero-order valence-electron chi connectivity index (χ0n) is 6.73. The summed E-state index contributed by atoms with van der Waals surface area (Å²) in [5, 5.41) is 7.04. The molecule has 0 atom stereocenters. The Labute approximate surface area is 81.6 Å². The molecule has 0 radical (unpaired) electrons. The van der Waals surface area contributed by atoms with E-state index in [1.54, 1.807) is 24.3 Å². The van der Waals surface area contributed by atoms with Gasteiger partial charge in [-0.25, -0.2) is 0 Å². The van der Waals surface area contributed by atoms with E-state index in [0.717, 1.165) is 0 Å². The first-order valence-corrected chi connectivity index (χ1v) is 6.90. The second kappa shape index (κ2) is 3.11. The first kappa shape index (κ1) is 9.23. The summed E-state index contributed by atoms with van der Waals surface area (Å²) < 4.78 is 33.7. The normalized spacial score (nSPS) is 11.8. The number of hydrogen-bond acceptors (Lipinski definition) is 5. The van der Waals surface area contributed by atoms with Crippen molar-refractivity contribution in [2.75, 3.05) is 0 Å². The van der Waals surface area contributed by atoms with Crippen LogP contribution in [-0.2, 0) is 23.5 Å². The molecular weight excluding hydrogens is 274 g/mol. The van der Waals surface area contributed by atoms with E-state index >= 15 is 0 Å². The van der Waals surface area contributed by atoms with Gasteiger partial charge < -0.3 is 0 Å². The Kier molecular flexibility index (Phi) is 2.05. The van der Waals surface area contributed by atoms with Crippen molar-refractivity contribution in [3.63, 3.8) is 0 Å². The van der Waals surface area contributed by atoms with Gasteiger partial charge in [-0.15, -0.1) is 0 Å². The third-order valence-electron chi connectivity index (χ3n) is 1.49. The fourth-order valence-corrected chi connectivity index (χ4v) is 1.70. The molecule has 0 fully saturated rings. The van der Waals surface area contributed by atoms with Crippen LogP contribution in [0.5, 0.6) is 0 Å². The standard InChI is InChI=1S/C6H4N3O.Mo.H2O.2O/c10-9-6-4-2-1-3-5(6)7-8-9;;;;/h1-4H;;1H2;;/q-1;+2;;;/p-1. The summed E-state index contributed by atoms with van der Waals surface area (Å²) in [7, 11) is 0. The number of rotatable bonds is 2. The van der Waals surface area contributed by atoms with Crippen LogP contribution in [0.1, 0.15) is 0 Å². The predicted octanol–water partition coefficient (Wildman–Crippen LogP) is -0.473. The average Bonchev–Trinajstić information content (AvgIpc) is 2.47. The van der Waals surface area contributed by atoms with Crippen molar-refractivity contribution in [1.29, 1.82) is 0 Å². The van der Waals surface area contributed by atoms with Gasteiger partial charge in [-0.1, -0.05) is 0 Å². The number of benzene rings is 1. The molecule has 0 aliphatic rings. The fraction of sp³-hybridized carbons (Fsp3) is 0. The van der Waals surface area contributed by atoms with Gasteiger partial charge in [-0.3, -0.25) is 0 Å². The third-order valence-corrected chi connectivity index (χ3v) is 2.30. The average molecular weight is 279 g/mol. The van der Waals surface area contributed by atoms with E-state index in [1.807, 2.05) is 0 Å². The van der Waals surface area contributed by atoms with Crippen LogP contribution >= 0.6 is 0 Å². The van der Waals surface area contributed by atoms with E-state index in [0.29, 0.717) is 15.9 Å². The molecule has 0 unspecified atom stereocenters. The van der Waals surface area contributed by atoms with Crippen molar-refractivity contribution in [3.05, 3.63) is 24.3 Å². The summed E-state index contributed by atoms with van der Waals surface area (Å²) in [6, 6.07) is 6.62. The number of hydrogen-bond donors (Lipinski definition) is 1. The first-order chi connectivity index (χ1) is 6.56. The van der Waals surface area contributed by atoms with Crippen LogP contribution in [0.4, 0.5) is 0 Å². The van der Waals surface area contributed by atoms with Crippen molar-refractivity contribution in [3.8, 4) is 0 Å². The van der Waals surface area contributed by atoms with Crippen molar-refractivity contribution in [1.82, 2.24) is 15.2 Å². The van der Waals surface area contributed by atoms with Crippen LogP contribution in [0.25, 0.3) is 11.0 Å². The van der Waals surface area contributed by atoms with Crippen LogP contribution in [0.15, 0.2) is 24.3 Å². The number of nitrogens with zero attached hydrogens (tertiary/aromatic N) is 3.